The molecule has 20 heavy (non-hydrogen) atoms. The van der Waals surface area contributed by atoms with Gasteiger partial charge in [-0.2, -0.15) is 5.10 Å². The maximum Gasteiger partial charge on any atom is 0.193 e. The van der Waals surface area contributed by atoms with E-state index in [-0.39, 0.29) is 26.3 Å². The average Bonchev–Trinajstić information content (AvgIpc) is 2.58. The normalized spacial score (nSPS) is 11.9. The summed E-state index contributed by atoms with van der Waals surface area (Å²) in [6.07, 6.45) is 1.00. The highest BCUT2D eigenvalue weighted by Crippen LogP contribution is 2.35. The molecule has 1 aromatic heterocycles. The van der Waals surface area contributed by atoms with Gasteiger partial charge in [0.25, 0.3) is 0 Å². The van der Waals surface area contributed by atoms with Gasteiger partial charge in [0.1, 0.15) is 16.5 Å². The number of rotatable bonds is 2. The van der Waals surface area contributed by atoms with Gasteiger partial charge in [0.2, 0.25) is 0 Å². The molecule has 107 valence electrons. The van der Waals surface area contributed by atoms with Crippen molar-refractivity contribution < 1.29 is 12.8 Å². The highest BCUT2D eigenvalue weighted by Gasteiger charge is 2.25. The maximum atomic E-state index is 14.0. The van der Waals surface area contributed by atoms with E-state index >= 15 is 0 Å². The van der Waals surface area contributed by atoms with Crippen LogP contribution in [-0.4, -0.2) is 24.5 Å². The Morgan fingerprint density at radius 1 is 1.35 bits per heavy atom. The fourth-order valence-electron chi connectivity index (χ4n) is 1.83. The SMILES string of the molecule is [CH2]c1cc(-c2nn(C)c(S(C)(=O)=O)c2Cl)c(F)cc1Cl. The number of aryl methyl sites for hydroxylation is 1. The zero-order chi connectivity index (χ0) is 15.2. The minimum Gasteiger partial charge on any atom is -0.255 e. The second kappa shape index (κ2) is 5.02. The molecule has 2 aromatic rings. The third-order valence-electron chi connectivity index (χ3n) is 2.68. The molecule has 1 aromatic carbocycles. The molecular weight excluding hydrogens is 326 g/mol. The van der Waals surface area contributed by atoms with Gasteiger partial charge in [-0.15, -0.1) is 0 Å². The molecule has 1 heterocycles. The van der Waals surface area contributed by atoms with Crippen molar-refractivity contribution in [2.75, 3.05) is 6.26 Å². The molecule has 0 saturated heterocycles. The van der Waals surface area contributed by atoms with Crippen molar-refractivity contribution in [3.05, 3.63) is 40.5 Å². The number of halogens is 3. The Kier molecular flexibility index (Phi) is 3.83. The molecule has 8 heteroatoms. The second-order valence-electron chi connectivity index (χ2n) is 4.29. The van der Waals surface area contributed by atoms with E-state index in [1.165, 1.54) is 13.1 Å². The fraction of sp³-hybridized carbons (Fsp3) is 0.167. The third kappa shape index (κ3) is 2.55. The Balaban J connectivity index is 2.76. The quantitative estimate of drug-likeness (QED) is 0.847. The molecule has 0 aliphatic carbocycles. The van der Waals surface area contributed by atoms with E-state index in [2.05, 4.69) is 12.0 Å². The zero-order valence-electron chi connectivity index (χ0n) is 10.6. The molecule has 1 radical (unpaired) electrons. The van der Waals surface area contributed by atoms with E-state index in [0.717, 1.165) is 17.0 Å². The zero-order valence-corrected chi connectivity index (χ0v) is 12.9. The Labute approximate surface area is 126 Å². The van der Waals surface area contributed by atoms with Crippen LogP contribution in [0.2, 0.25) is 10.0 Å². The van der Waals surface area contributed by atoms with Crippen molar-refractivity contribution in [3.8, 4) is 11.3 Å². The summed E-state index contributed by atoms with van der Waals surface area (Å²) in [5.41, 5.74) is 0.481. The van der Waals surface area contributed by atoms with Gasteiger partial charge < -0.3 is 0 Å². The molecule has 0 amide bonds. The lowest BCUT2D eigenvalue weighted by molar-refractivity contribution is 0.583. The van der Waals surface area contributed by atoms with Gasteiger partial charge in [0.15, 0.2) is 14.9 Å². The number of sulfone groups is 1. The topological polar surface area (TPSA) is 52.0 Å². The van der Waals surface area contributed by atoms with Crippen LogP contribution in [0.15, 0.2) is 17.2 Å². The predicted molar refractivity (Wildman–Crippen MR) is 76.2 cm³/mol. The van der Waals surface area contributed by atoms with Crippen molar-refractivity contribution >= 4 is 33.0 Å². The van der Waals surface area contributed by atoms with Crippen LogP contribution in [0, 0.1) is 12.7 Å². The Morgan fingerprint density at radius 2 is 1.95 bits per heavy atom. The number of benzene rings is 1. The van der Waals surface area contributed by atoms with Crippen LogP contribution in [0.3, 0.4) is 0 Å². The number of hydrogen-bond donors (Lipinski definition) is 0. The molecule has 0 saturated carbocycles. The van der Waals surface area contributed by atoms with Crippen LogP contribution in [0.5, 0.6) is 0 Å². The second-order valence-corrected chi connectivity index (χ2v) is 7.00. The number of aromatic nitrogens is 2. The lowest BCUT2D eigenvalue weighted by Gasteiger charge is -2.04. The van der Waals surface area contributed by atoms with Gasteiger partial charge in [0, 0.05) is 23.9 Å². The number of hydrogen-bond acceptors (Lipinski definition) is 3. The molecule has 2 rings (SSSR count). The van der Waals surface area contributed by atoms with Gasteiger partial charge in [-0.1, -0.05) is 23.2 Å². The first kappa shape index (κ1) is 15.3. The van der Waals surface area contributed by atoms with Crippen LogP contribution in [0.1, 0.15) is 5.56 Å². The van der Waals surface area contributed by atoms with E-state index in [1.807, 2.05) is 0 Å². The Bertz CT molecular complexity index is 800. The highest BCUT2D eigenvalue weighted by atomic mass is 35.5. The first-order valence-electron chi connectivity index (χ1n) is 5.37. The Hall–Kier alpha value is -1.11. The minimum absolute atomic E-state index is 0.0358. The molecule has 4 nitrogen and oxygen atoms in total. The molecule has 0 unspecified atom stereocenters. The number of nitrogens with zero attached hydrogens (tertiary/aromatic N) is 2. The van der Waals surface area contributed by atoms with Gasteiger partial charge in [-0.25, -0.2) is 12.8 Å². The largest absolute Gasteiger partial charge is 0.255 e. The van der Waals surface area contributed by atoms with Crippen molar-refractivity contribution in [1.82, 2.24) is 9.78 Å². The summed E-state index contributed by atoms with van der Waals surface area (Å²) in [6, 6.07) is 2.46. The maximum absolute atomic E-state index is 14.0. The standard InChI is InChI=1S/C12H10Cl2FN2O2S/c1-6-4-7(9(15)5-8(6)13)11-10(14)12(17(2)16-11)20(3,18)19/h4-5H,1H2,2-3H3. The Morgan fingerprint density at radius 3 is 2.45 bits per heavy atom. The molecule has 0 spiro atoms. The molecule has 0 aliphatic heterocycles. The summed E-state index contributed by atoms with van der Waals surface area (Å²) in [7, 11) is -2.16. The summed E-state index contributed by atoms with van der Waals surface area (Å²) in [6.45, 7) is 3.66. The summed E-state index contributed by atoms with van der Waals surface area (Å²) in [5.74, 6) is -0.651. The minimum atomic E-state index is -3.58. The lowest BCUT2D eigenvalue weighted by atomic mass is 10.1. The van der Waals surface area contributed by atoms with Crippen LogP contribution >= 0.6 is 23.2 Å². The van der Waals surface area contributed by atoms with Crippen molar-refractivity contribution in [2.24, 2.45) is 7.05 Å². The van der Waals surface area contributed by atoms with E-state index in [0.29, 0.717) is 5.56 Å². The van der Waals surface area contributed by atoms with Crippen LogP contribution < -0.4 is 0 Å². The van der Waals surface area contributed by atoms with E-state index in [1.54, 1.807) is 0 Å². The van der Waals surface area contributed by atoms with E-state index < -0.39 is 15.7 Å². The third-order valence-corrected chi connectivity index (χ3v) is 4.67. The highest BCUT2D eigenvalue weighted by molar-refractivity contribution is 7.90. The first-order valence-corrected chi connectivity index (χ1v) is 8.01. The van der Waals surface area contributed by atoms with Crippen molar-refractivity contribution in [3.63, 3.8) is 0 Å². The average molecular weight is 336 g/mol. The van der Waals surface area contributed by atoms with E-state index in [9.17, 15) is 12.8 Å². The monoisotopic (exact) mass is 335 g/mol. The lowest BCUT2D eigenvalue weighted by Crippen LogP contribution is -2.05. The fourth-order valence-corrected chi connectivity index (χ4v) is 3.61. The van der Waals surface area contributed by atoms with E-state index in [4.69, 9.17) is 23.2 Å². The van der Waals surface area contributed by atoms with Crippen LogP contribution in [-0.2, 0) is 16.9 Å². The van der Waals surface area contributed by atoms with Gasteiger partial charge >= 0.3 is 0 Å². The summed E-state index contributed by atoms with van der Waals surface area (Å²) in [4.78, 5) is 0. The van der Waals surface area contributed by atoms with Gasteiger partial charge in [-0.05, 0) is 24.6 Å². The summed E-state index contributed by atoms with van der Waals surface area (Å²) < 4.78 is 38.4. The smallest absolute Gasteiger partial charge is 0.193 e. The van der Waals surface area contributed by atoms with Crippen molar-refractivity contribution in [1.29, 1.82) is 0 Å². The van der Waals surface area contributed by atoms with Gasteiger partial charge in [0.05, 0.1) is 0 Å². The molecular formula is C12H10Cl2FN2O2S. The predicted octanol–water partition coefficient (Wildman–Crippen LogP) is 3.12. The van der Waals surface area contributed by atoms with Crippen molar-refractivity contribution in [2.45, 2.75) is 5.03 Å². The summed E-state index contributed by atoms with van der Waals surface area (Å²) in [5, 5.41) is 3.84. The summed E-state index contributed by atoms with van der Waals surface area (Å²) >= 11 is 11.8. The molecule has 0 atom stereocenters. The molecule has 0 fully saturated rings. The van der Waals surface area contributed by atoms with Crippen LogP contribution in [0.4, 0.5) is 4.39 Å². The first-order chi connectivity index (χ1) is 9.12. The molecule has 0 N–H and O–H groups in total. The van der Waals surface area contributed by atoms with Gasteiger partial charge in [-0.3, -0.25) is 4.68 Å². The molecule has 0 aliphatic rings. The molecule has 0 bridgehead atoms. The van der Waals surface area contributed by atoms with Crippen LogP contribution in [0.25, 0.3) is 11.3 Å².